The molecule has 194 valence electrons. The van der Waals surface area contributed by atoms with Gasteiger partial charge in [0.2, 0.25) is 0 Å². The van der Waals surface area contributed by atoms with Crippen LogP contribution in [0, 0.1) is 0 Å². The molecule has 4 rings (SSSR count). The molecule has 1 saturated heterocycles. The number of aliphatic hydroxyl groups excluding tert-OH is 1. The number of carbonyl (C=O) groups is 2. The summed E-state index contributed by atoms with van der Waals surface area (Å²) in [5, 5.41) is 14.2. The van der Waals surface area contributed by atoms with Crippen LogP contribution in [0.25, 0.3) is 0 Å². The Labute approximate surface area is 216 Å². The number of nitrogens with one attached hydrogen (secondary N) is 1. The van der Waals surface area contributed by atoms with E-state index in [1.165, 1.54) is 4.90 Å². The van der Waals surface area contributed by atoms with E-state index in [0.717, 1.165) is 22.4 Å². The molecule has 8 heteroatoms. The molecule has 1 heterocycles. The van der Waals surface area contributed by atoms with E-state index < -0.39 is 30.2 Å². The van der Waals surface area contributed by atoms with Gasteiger partial charge < -0.3 is 29.5 Å². The number of hydrogen-bond donors (Lipinski definition) is 2. The number of hydrogen-bond acceptors (Lipinski definition) is 6. The van der Waals surface area contributed by atoms with Crippen LogP contribution in [-0.4, -0.2) is 61.0 Å². The molecule has 0 spiro atoms. The van der Waals surface area contributed by atoms with Gasteiger partial charge in [0.15, 0.2) is 6.04 Å². The minimum Gasteiger partial charge on any atom is -0.497 e. The summed E-state index contributed by atoms with van der Waals surface area (Å²) in [6.07, 6.45) is -0.277. The van der Waals surface area contributed by atoms with Crippen molar-refractivity contribution in [1.82, 2.24) is 10.2 Å². The van der Waals surface area contributed by atoms with E-state index >= 15 is 0 Å². The predicted molar refractivity (Wildman–Crippen MR) is 138 cm³/mol. The van der Waals surface area contributed by atoms with Gasteiger partial charge in [-0.05, 0) is 47.4 Å². The fourth-order valence-corrected chi connectivity index (χ4v) is 4.41. The van der Waals surface area contributed by atoms with Crippen molar-refractivity contribution in [2.45, 2.75) is 37.6 Å². The molecule has 1 fully saturated rings. The van der Waals surface area contributed by atoms with Crippen LogP contribution in [0.15, 0.2) is 78.9 Å². The van der Waals surface area contributed by atoms with Crippen molar-refractivity contribution in [3.8, 4) is 11.5 Å². The van der Waals surface area contributed by atoms with Crippen LogP contribution < -0.4 is 14.8 Å². The van der Waals surface area contributed by atoms with Gasteiger partial charge >= 0.3 is 12.0 Å². The Kier molecular flexibility index (Phi) is 8.64. The summed E-state index contributed by atoms with van der Waals surface area (Å²) in [4.78, 5) is 27.8. The van der Waals surface area contributed by atoms with Crippen molar-refractivity contribution < 1.29 is 28.9 Å². The van der Waals surface area contributed by atoms with E-state index in [-0.39, 0.29) is 13.2 Å². The largest absolute Gasteiger partial charge is 0.497 e. The van der Waals surface area contributed by atoms with Gasteiger partial charge in [-0.3, -0.25) is 0 Å². The zero-order valence-corrected chi connectivity index (χ0v) is 21.0. The van der Waals surface area contributed by atoms with Gasteiger partial charge in [0.1, 0.15) is 17.6 Å². The number of benzene rings is 3. The lowest BCUT2D eigenvalue weighted by Crippen LogP contribution is -2.67. The Balaban J connectivity index is 1.49. The highest BCUT2D eigenvalue weighted by atomic mass is 16.5. The molecule has 0 radical (unpaired) electrons. The van der Waals surface area contributed by atoms with E-state index in [4.69, 9.17) is 14.2 Å². The first-order chi connectivity index (χ1) is 18.0. The maximum Gasteiger partial charge on any atom is 0.331 e. The molecular formula is C29H32N2O6. The highest BCUT2D eigenvalue weighted by molar-refractivity contribution is 5.86. The van der Waals surface area contributed by atoms with Crippen LogP contribution in [0.5, 0.6) is 11.5 Å². The summed E-state index contributed by atoms with van der Waals surface area (Å²) in [5.41, 5.74) is 2.72. The van der Waals surface area contributed by atoms with Crippen LogP contribution in [0.4, 0.5) is 4.79 Å². The van der Waals surface area contributed by atoms with E-state index in [2.05, 4.69) is 5.32 Å². The summed E-state index contributed by atoms with van der Waals surface area (Å²) in [6.45, 7) is 0.249. The number of amides is 2. The second-order valence-electron chi connectivity index (χ2n) is 8.92. The summed E-state index contributed by atoms with van der Waals surface area (Å²) >= 11 is 0. The van der Waals surface area contributed by atoms with Crippen LogP contribution in [0.3, 0.4) is 0 Å². The molecule has 0 unspecified atom stereocenters. The average molecular weight is 505 g/mol. The highest BCUT2D eigenvalue weighted by Gasteiger charge is 2.45. The number of aliphatic hydroxyl groups is 1. The van der Waals surface area contributed by atoms with Gasteiger partial charge in [0.25, 0.3) is 0 Å². The molecule has 1 aliphatic heterocycles. The van der Waals surface area contributed by atoms with Crippen molar-refractivity contribution in [3.05, 3.63) is 95.6 Å². The molecule has 2 amide bonds. The summed E-state index contributed by atoms with van der Waals surface area (Å²) in [5.74, 6) is 0.794. The Bertz CT molecular complexity index is 1170. The minimum atomic E-state index is -1.16. The number of carbonyl (C=O) groups excluding carboxylic acids is 2. The normalized spacial score (nSPS) is 19.2. The third-order valence-electron chi connectivity index (χ3n) is 6.49. The Morgan fingerprint density at radius 2 is 1.46 bits per heavy atom. The molecule has 0 saturated carbocycles. The number of esters is 1. The minimum absolute atomic E-state index is 0.121. The Hall–Kier alpha value is -4.04. The second kappa shape index (κ2) is 12.3. The average Bonchev–Trinajstić information content (AvgIpc) is 2.93. The molecule has 3 atom stereocenters. The van der Waals surface area contributed by atoms with Gasteiger partial charge in [-0.15, -0.1) is 0 Å². The first-order valence-electron chi connectivity index (χ1n) is 12.2. The van der Waals surface area contributed by atoms with Gasteiger partial charge in [-0.25, -0.2) is 9.59 Å². The number of rotatable bonds is 10. The second-order valence-corrected chi connectivity index (χ2v) is 8.92. The molecule has 3 aromatic carbocycles. The molecule has 8 nitrogen and oxygen atoms in total. The van der Waals surface area contributed by atoms with E-state index in [1.54, 1.807) is 26.4 Å². The zero-order chi connectivity index (χ0) is 26.2. The molecule has 0 aliphatic carbocycles. The summed E-state index contributed by atoms with van der Waals surface area (Å²) in [7, 11) is 3.18. The van der Waals surface area contributed by atoms with Gasteiger partial charge in [0, 0.05) is 13.0 Å². The fourth-order valence-electron chi connectivity index (χ4n) is 4.41. The molecule has 3 aromatic rings. The third kappa shape index (κ3) is 6.59. The third-order valence-corrected chi connectivity index (χ3v) is 6.49. The lowest BCUT2D eigenvalue weighted by atomic mass is 9.93. The SMILES string of the molecule is COc1ccc(CCOC(=O)[C@@H]2[C@H](O)[C@H](Cc3ccccc3)NC(=O)N2Cc2ccc(OC)cc2)cc1. The smallest absolute Gasteiger partial charge is 0.331 e. The number of urea groups is 1. The van der Waals surface area contributed by atoms with Gasteiger partial charge in [-0.2, -0.15) is 0 Å². The summed E-state index contributed by atoms with van der Waals surface area (Å²) < 4.78 is 16.0. The van der Waals surface area contributed by atoms with E-state index in [9.17, 15) is 14.7 Å². The molecule has 1 aliphatic rings. The van der Waals surface area contributed by atoms with Crippen molar-refractivity contribution in [3.63, 3.8) is 0 Å². The predicted octanol–water partition coefficient (Wildman–Crippen LogP) is 3.36. The van der Waals surface area contributed by atoms with Crippen LogP contribution in [-0.2, 0) is 28.9 Å². The molecule has 0 bridgehead atoms. The zero-order valence-electron chi connectivity index (χ0n) is 21.0. The topological polar surface area (TPSA) is 97.3 Å². The van der Waals surface area contributed by atoms with Crippen LogP contribution >= 0.6 is 0 Å². The van der Waals surface area contributed by atoms with Crippen molar-refractivity contribution in [1.29, 1.82) is 0 Å². The summed E-state index contributed by atoms with van der Waals surface area (Å²) in [6, 6.07) is 22.0. The van der Waals surface area contributed by atoms with E-state index in [1.807, 2.05) is 66.7 Å². The highest BCUT2D eigenvalue weighted by Crippen LogP contribution is 2.23. The quantitative estimate of drug-likeness (QED) is 0.411. The molecule has 37 heavy (non-hydrogen) atoms. The van der Waals surface area contributed by atoms with Crippen molar-refractivity contribution >= 4 is 12.0 Å². The number of nitrogens with zero attached hydrogens (tertiary/aromatic N) is 1. The van der Waals surface area contributed by atoms with Crippen molar-refractivity contribution in [2.24, 2.45) is 0 Å². The molecular weight excluding hydrogens is 472 g/mol. The Morgan fingerprint density at radius 3 is 2.05 bits per heavy atom. The van der Waals surface area contributed by atoms with E-state index in [0.29, 0.717) is 18.6 Å². The maximum absolute atomic E-state index is 13.3. The number of ether oxygens (including phenoxy) is 3. The first kappa shape index (κ1) is 26.0. The van der Waals surface area contributed by atoms with Gasteiger partial charge in [0.05, 0.1) is 26.9 Å². The van der Waals surface area contributed by atoms with Gasteiger partial charge in [-0.1, -0.05) is 54.6 Å². The molecule has 2 N–H and O–H groups in total. The standard InChI is InChI=1S/C29H32N2O6/c1-35-23-12-8-20(9-13-23)16-17-37-28(33)26-27(32)25(18-21-6-4-3-5-7-21)30-29(34)31(26)19-22-10-14-24(36-2)15-11-22/h3-15,25-27,32H,16-19H2,1-2H3,(H,30,34)/t25-,26-,27+/m0/s1. The Morgan fingerprint density at radius 1 is 0.865 bits per heavy atom. The first-order valence-corrected chi connectivity index (χ1v) is 12.2. The maximum atomic E-state index is 13.3. The van der Waals surface area contributed by atoms with Crippen LogP contribution in [0.1, 0.15) is 16.7 Å². The lowest BCUT2D eigenvalue weighted by Gasteiger charge is -2.42. The molecule has 0 aromatic heterocycles. The van der Waals surface area contributed by atoms with Crippen LogP contribution in [0.2, 0.25) is 0 Å². The van der Waals surface area contributed by atoms with Crippen molar-refractivity contribution in [2.75, 3.05) is 20.8 Å². The monoisotopic (exact) mass is 504 g/mol. The lowest BCUT2D eigenvalue weighted by molar-refractivity contribution is -0.155. The fraction of sp³-hybridized carbons (Fsp3) is 0.310. The number of methoxy groups -OCH3 is 2.